The van der Waals surface area contributed by atoms with Gasteiger partial charge in [-0.3, -0.25) is 9.59 Å². The van der Waals surface area contributed by atoms with Gasteiger partial charge in [-0.05, 0) is 24.3 Å². The van der Waals surface area contributed by atoms with Gasteiger partial charge in [0.1, 0.15) is 5.92 Å². The highest BCUT2D eigenvalue weighted by atomic mass is 16.3. The Bertz CT molecular complexity index is 617. The maximum absolute atomic E-state index is 12.6. The number of carbonyl (C=O) groups excluding carboxylic acids is 2. The number of amides is 2. The lowest BCUT2D eigenvalue weighted by atomic mass is 9.84. The summed E-state index contributed by atoms with van der Waals surface area (Å²) in [4.78, 5) is 25.1. The second kappa shape index (κ2) is 12.6. The fourth-order valence-corrected chi connectivity index (χ4v) is 4.02. The third-order valence-electron chi connectivity index (χ3n) is 5.83. The molecule has 0 aliphatic heterocycles. The molecule has 1 aliphatic carbocycles. The maximum Gasteiger partial charge on any atom is 0.232 e. The number of benzene rings is 1. The van der Waals surface area contributed by atoms with Crippen molar-refractivity contribution in [2.24, 2.45) is 17.6 Å². The van der Waals surface area contributed by atoms with Crippen LogP contribution in [0, 0.1) is 11.8 Å². The van der Waals surface area contributed by atoms with Gasteiger partial charge in [0.15, 0.2) is 0 Å². The van der Waals surface area contributed by atoms with Gasteiger partial charge in [0.05, 0.1) is 6.10 Å². The number of carbonyl (C=O) groups is 2. The van der Waals surface area contributed by atoms with E-state index in [9.17, 15) is 14.7 Å². The van der Waals surface area contributed by atoms with E-state index >= 15 is 0 Å². The second-order valence-electron chi connectivity index (χ2n) is 8.26. The smallest absolute Gasteiger partial charge is 0.232 e. The molecule has 0 bridgehead atoms. The topological polar surface area (TPSA) is 104 Å². The summed E-state index contributed by atoms with van der Waals surface area (Å²) in [6, 6.07) is 9.25. The lowest BCUT2D eigenvalue weighted by Crippen LogP contribution is -2.47. The monoisotopic (exact) mass is 403 g/mol. The Labute approximate surface area is 174 Å². The molecule has 1 aliphatic rings. The zero-order valence-electron chi connectivity index (χ0n) is 17.6. The zero-order chi connectivity index (χ0) is 21.1. The molecule has 2 amide bonds. The molecule has 3 unspecified atom stereocenters. The van der Waals surface area contributed by atoms with Crippen LogP contribution in [0.1, 0.15) is 63.9 Å². The van der Waals surface area contributed by atoms with E-state index in [1.807, 2.05) is 37.3 Å². The van der Waals surface area contributed by atoms with Crippen molar-refractivity contribution in [2.75, 3.05) is 6.54 Å². The van der Waals surface area contributed by atoms with E-state index in [0.717, 1.165) is 18.4 Å². The van der Waals surface area contributed by atoms with E-state index < -0.39 is 12.0 Å². The summed E-state index contributed by atoms with van der Waals surface area (Å²) in [7, 11) is 0. The quantitative estimate of drug-likeness (QED) is 0.426. The normalized spacial score (nSPS) is 17.9. The Morgan fingerprint density at radius 2 is 1.76 bits per heavy atom. The minimum atomic E-state index is -0.796. The fraction of sp³-hybridized carbons (Fsp3) is 0.652. The third kappa shape index (κ3) is 8.15. The molecule has 6 heteroatoms. The van der Waals surface area contributed by atoms with Crippen molar-refractivity contribution < 1.29 is 14.7 Å². The number of hydrogen-bond donors (Lipinski definition) is 4. The van der Waals surface area contributed by atoms with Crippen LogP contribution in [-0.2, 0) is 16.1 Å². The lowest BCUT2D eigenvalue weighted by molar-refractivity contribution is -0.136. The Morgan fingerprint density at radius 3 is 2.41 bits per heavy atom. The molecule has 29 heavy (non-hydrogen) atoms. The summed E-state index contributed by atoms with van der Waals surface area (Å²) in [6.45, 7) is 2.42. The molecule has 6 nitrogen and oxygen atoms in total. The molecule has 0 aromatic heterocycles. The first kappa shape index (κ1) is 23.4. The SMILES string of the molecule is CCCC(C(=O)NCc1ccccc1)C(=O)NCC(O)C(N)CC1CCCCC1. The van der Waals surface area contributed by atoms with Crippen LogP contribution in [0.4, 0.5) is 0 Å². The van der Waals surface area contributed by atoms with Gasteiger partial charge in [-0.15, -0.1) is 0 Å². The van der Waals surface area contributed by atoms with Gasteiger partial charge in [0, 0.05) is 19.1 Å². The number of aliphatic hydroxyl groups is 1. The summed E-state index contributed by atoms with van der Waals surface area (Å²) in [6.07, 6.45) is 7.29. The van der Waals surface area contributed by atoms with Crippen LogP contribution in [0.15, 0.2) is 30.3 Å². The van der Waals surface area contributed by atoms with Crippen molar-refractivity contribution in [1.29, 1.82) is 0 Å². The van der Waals surface area contributed by atoms with Crippen LogP contribution in [0.25, 0.3) is 0 Å². The van der Waals surface area contributed by atoms with Gasteiger partial charge in [-0.25, -0.2) is 0 Å². The van der Waals surface area contributed by atoms with E-state index in [1.54, 1.807) is 0 Å². The molecule has 0 saturated heterocycles. The molecular weight excluding hydrogens is 366 g/mol. The minimum Gasteiger partial charge on any atom is -0.390 e. The van der Waals surface area contributed by atoms with Crippen LogP contribution in [0.3, 0.4) is 0 Å². The highest BCUT2D eigenvalue weighted by Gasteiger charge is 2.27. The van der Waals surface area contributed by atoms with Gasteiger partial charge in [0.2, 0.25) is 11.8 Å². The van der Waals surface area contributed by atoms with Crippen LogP contribution in [-0.4, -0.2) is 35.6 Å². The predicted molar refractivity (Wildman–Crippen MR) is 115 cm³/mol. The molecule has 0 radical (unpaired) electrons. The Kier molecular flexibility index (Phi) is 10.2. The van der Waals surface area contributed by atoms with Crippen molar-refractivity contribution in [2.45, 2.75) is 77.0 Å². The van der Waals surface area contributed by atoms with E-state index in [-0.39, 0.29) is 24.4 Å². The average Bonchev–Trinajstić information content (AvgIpc) is 2.75. The molecule has 162 valence electrons. The van der Waals surface area contributed by atoms with Crippen LogP contribution < -0.4 is 16.4 Å². The molecule has 1 fully saturated rings. The van der Waals surface area contributed by atoms with E-state index in [1.165, 1.54) is 32.1 Å². The first-order valence-electron chi connectivity index (χ1n) is 11.0. The summed E-state index contributed by atoms with van der Waals surface area (Å²) in [5.41, 5.74) is 7.15. The van der Waals surface area contributed by atoms with E-state index in [2.05, 4.69) is 10.6 Å². The highest BCUT2D eigenvalue weighted by Crippen LogP contribution is 2.27. The van der Waals surface area contributed by atoms with Gasteiger partial charge in [0.25, 0.3) is 0 Å². The van der Waals surface area contributed by atoms with Gasteiger partial charge >= 0.3 is 0 Å². The number of rotatable bonds is 11. The Morgan fingerprint density at radius 1 is 1.10 bits per heavy atom. The summed E-state index contributed by atoms with van der Waals surface area (Å²) < 4.78 is 0. The maximum atomic E-state index is 12.6. The molecule has 0 spiro atoms. The summed E-state index contributed by atoms with van der Waals surface area (Å²) in [5.74, 6) is -0.818. The largest absolute Gasteiger partial charge is 0.390 e. The molecule has 0 heterocycles. The second-order valence-corrected chi connectivity index (χ2v) is 8.26. The first-order valence-corrected chi connectivity index (χ1v) is 11.0. The molecule has 1 aromatic rings. The summed E-state index contributed by atoms with van der Waals surface area (Å²) in [5, 5.41) is 15.9. The van der Waals surface area contributed by atoms with Crippen molar-refractivity contribution in [3.05, 3.63) is 35.9 Å². The number of nitrogens with one attached hydrogen (secondary N) is 2. The van der Waals surface area contributed by atoms with Gasteiger partial charge in [-0.1, -0.05) is 75.8 Å². The fourth-order valence-electron chi connectivity index (χ4n) is 4.02. The zero-order valence-corrected chi connectivity index (χ0v) is 17.6. The number of aliphatic hydroxyl groups excluding tert-OH is 1. The van der Waals surface area contributed by atoms with E-state index in [4.69, 9.17) is 5.73 Å². The Hall–Kier alpha value is -1.92. The lowest BCUT2D eigenvalue weighted by Gasteiger charge is -2.27. The first-order chi connectivity index (χ1) is 14.0. The van der Waals surface area contributed by atoms with Crippen molar-refractivity contribution in [3.8, 4) is 0 Å². The molecule has 2 rings (SSSR count). The van der Waals surface area contributed by atoms with Crippen molar-refractivity contribution in [1.82, 2.24) is 10.6 Å². The average molecular weight is 404 g/mol. The standard InChI is InChI=1S/C23H37N3O3/c1-2-9-19(22(28)25-15-18-12-7-4-8-13-18)23(29)26-16-21(27)20(24)14-17-10-5-3-6-11-17/h4,7-8,12-13,17,19-21,27H,2-3,5-6,9-11,14-16,24H2,1H3,(H,25,28)(H,26,29). The van der Waals surface area contributed by atoms with Crippen molar-refractivity contribution in [3.63, 3.8) is 0 Å². The van der Waals surface area contributed by atoms with Crippen LogP contribution in [0.2, 0.25) is 0 Å². The predicted octanol–water partition coefficient (Wildman–Crippen LogP) is 2.49. The van der Waals surface area contributed by atoms with E-state index in [0.29, 0.717) is 18.9 Å². The van der Waals surface area contributed by atoms with Gasteiger partial charge < -0.3 is 21.5 Å². The molecular formula is C23H37N3O3. The molecule has 1 saturated carbocycles. The third-order valence-corrected chi connectivity index (χ3v) is 5.83. The Balaban J connectivity index is 1.78. The molecule has 5 N–H and O–H groups in total. The summed E-state index contributed by atoms with van der Waals surface area (Å²) >= 11 is 0. The highest BCUT2D eigenvalue weighted by molar-refractivity contribution is 6.00. The van der Waals surface area contributed by atoms with Crippen molar-refractivity contribution >= 4 is 11.8 Å². The van der Waals surface area contributed by atoms with Crippen LogP contribution >= 0.6 is 0 Å². The molecule has 3 atom stereocenters. The number of nitrogens with two attached hydrogens (primary N) is 1. The van der Waals surface area contributed by atoms with Crippen LogP contribution in [0.5, 0.6) is 0 Å². The molecule has 1 aromatic carbocycles. The van der Waals surface area contributed by atoms with Gasteiger partial charge in [-0.2, -0.15) is 0 Å². The minimum absolute atomic E-state index is 0.0822. The number of hydrogen-bond acceptors (Lipinski definition) is 4.